The number of ether oxygens (including phenoxy) is 1. The molecule has 0 aromatic heterocycles. The zero-order valence-corrected chi connectivity index (χ0v) is 10.0. The van der Waals surface area contributed by atoms with Crippen molar-refractivity contribution in [1.82, 2.24) is 5.32 Å². The number of amides is 1. The average molecular weight is 264 g/mol. The molecule has 1 unspecified atom stereocenters. The fourth-order valence-corrected chi connectivity index (χ4v) is 1.89. The maximum atomic E-state index is 11.5. The molecule has 1 atom stereocenters. The third kappa shape index (κ3) is 4.42. The maximum absolute atomic E-state index is 11.5. The summed E-state index contributed by atoms with van der Waals surface area (Å²) in [6.45, 7) is 2.15. The van der Waals surface area contributed by atoms with Crippen molar-refractivity contribution in [1.29, 1.82) is 0 Å². The monoisotopic (exact) mass is 263 g/mol. The third-order valence-corrected chi connectivity index (χ3v) is 2.97. The van der Waals surface area contributed by atoms with Crippen LogP contribution >= 0.6 is 15.9 Å². The highest BCUT2D eigenvalue weighted by molar-refractivity contribution is 9.09. The number of nitrogens with one attached hydrogen (secondary N) is 1. The first-order chi connectivity index (χ1) is 6.84. The predicted molar refractivity (Wildman–Crippen MR) is 59.6 cm³/mol. The van der Waals surface area contributed by atoms with E-state index in [2.05, 4.69) is 21.2 Å². The van der Waals surface area contributed by atoms with Gasteiger partial charge in [0.25, 0.3) is 0 Å². The lowest BCUT2D eigenvalue weighted by Gasteiger charge is -2.08. The van der Waals surface area contributed by atoms with Crippen molar-refractivity contribution < 1.29 is 9.53 Å². The van der Waals surface area contributed by atoms with Crippen molar-refractivity contribution in [3.63, 3.8) is 0 Å². The zero-order valence-electron chi connectivity index (χ0n) is 8.43. The van der Waals surface area contributed by atoms with Crippen LogP contribution in [0, 0.1) is 5.92 Å². The van der Waals surface area contributed by atoms with E-state index in [-0.39, 0.29) is 11.8 Å². The van der Waals surface area contributed by atoms with Gasteiger partial charge in [-0.3, -0.25) is 4.79 Å². The van der Waals surface area contributed by atoms with Gasteiger partial charge < -0.3 is 10.1 Å². The highest BCUT2D eigenvalue weighted by Crippen LogP contribution is 2.11. The number of carbonyl (C=O) groups excluding carboxylic acids is 1. The normalized spacial score (nSPS) is 21.1. The minimum absolute atomic E-state index is 0.103. The largest absolute Gasteiger partial charge is 0.381 e. The summed E-state index contributed by atoms with van der Waals surface area (Å²) in [7, 11) is 0. The summed E-state index contributed by atoms with van der Waals surface area (Å²) in [6, 6.07) is 0. The van der Waals surface area contributed by atoms with E-state index in [4.69, 9.17) is 4.74 Å². The van der Waals surface area contributed by atoms with E-state index in [0.717, 1.165) is 31.3 Å². The van der Waals surface area contributed by atoms with Gasteiger partial charge in [-0.15, -0.1) is 0 Å². The molecule has 0 bridgehead atoms. The fraction of sp³-hybridized carbons (Fsp3) is 0.900. The van der Waals surface area contributed by atoms with Crippen LogP contribution in [0.3, 0.4) is 0 Å². The third-order valence-electron chi connectivity index (χ3n) is 2.41. The molecule has 0 radical (unpaired) electrons. The van der Waals surface area contributed by atoms with Gasteiger partial charge >= 0.3 is 0 Å². The van der Waals surface area contributed by atoms with Crippen molar-refractivity contribution in [3.8, 4) is 0 Å². The summed E-state index contributed by atoms with van der Waals surface area (Å²) in [5.41, 5.74) is 0. The molecule has 1 rings (SSSR count). The second-order valence-electron chi connectivity index (χ2n) is 3.60. The summed E-state index contributed by atoms with van der Waals surface area (Å²) in [6.07, 6.45) is 4.31. The Morgan fingerprint density at radius 3 is 2.93 bits per heavy atom. The van der Waals surface area contributed by atoms with Gasteiger partial charge in [0.2, 0.25) is 5.91 Å². The van der Waals surface area contributed by atoms with Gasteiger partial charge in [0.1, 0.15) is 0 Å². The summed E-state index contributed by atoms with van der Waals surface area (Å²) in [5, 5.41) is 4.00. The van der Waals surface area contributed by atoms with E-state index in [0.29, 0.717) is 6.61 Å². The van der Waals surface area contributed by atoms with Gasteiger partial charge in [-0.25, -0.2) is 0 Å². The lowest BCUT2D eigenvalue weighted by molar-refractivity contribution is -0.124. The number of rotatable bonds is 6. The minimum Gasteiger partial charge on any atom is -0.381 e. The summed E-state index contributed by atoms with van der Waals surface area (Å²) in [5.74, 6) is 0.271. The molecule has 1 fully saturated rings. The van der Waals surface area contributed by atoms with E-state index in [1.54, 1.807) is 0 Å². The molecule has 82 valence electrons. The predicted octanol–water partition coefficient (Wildman–Crippen LogP) is 1.70. The van der Waals surface area contributed by atoms with Crippen molar-refractivity contribution in [3.05, 3.63) is 0 Å². The number of carbonyl (C=O) groups is 1. The van der Waals surface area contributed by atoms with Crippen LogP contribution in [0.25, 0.3) is 0 Å². The molecule has 0 saturated carbocycles. The standard InChI is InChI=1S/C10H18BrNO2/c11-5-2-1-3-6-12-10(13)9-4-7-14-8-9/h9H,1-8H2,(H,12,13). The highest BCUT2D eigenvalue weighted by atomic mass is 79.9. The molecule has 14 heavy (non-hydrogen) atoms. The molecule has 1 amide bonds. The molecule has 3 nitrogen and oxygen atoms in total. The summed E-state index contributed by atoms with van der Waals surface area (Å²) >= 11 is 3.38. The fourth-order valence-electron chi connectivity index (χ4n) is 1.49. The molecule has 0 aliphatic carbocycles. The molecule has 1 aliphatic heterocycles. The van der Waals surface area contributed by atoms with E-state index in [9.17, 15) is 4.79 Å². The second-order valence-corrected chi connectivity index (χ2v) is 4.39. The van der Waals surface area contributed by atoms with Crippen LogP contribution in [0.15, 0.2) is 0 Å². The van der Waals surface area contributed by atoms with Crippen molar-refractivity contribution in [2.24, 2.45) is 5.92 Å². The van der Waals surface area contributed by atoms with Crippen molar-refractivity contribution in [2.45, 2.75) is 25.7 Å². The van der Waals surface area contributed by atoms with Crippen molar-refractivity contribution in [2.75, 3.05) is 25.1 Å². The molecule has 0 spiro atoms. The Hall–Kier alpha value is -0.0900. The Labute approximate surface area is 93.7 Å². The molecule has 1 aliphatic rings. The molecular weight excluding hydrogens is 246 g/mol. The summed E-state index contributed by atoms with van der Waals surface area (Å²) < 4.78 is 5.16. The van der Waals surface area contributed by atoms with Crippen LogP contribution < -0.4 is 5.32 Å². The maximum Gasteiger partial charge on any atom is 0.225 e. The van der Waals surface area contributed by atoms with Crippen LogP contribution in [0.5, 0.6) is 0 Å². The minimum atomic E-state index is 0.103. The van der Waals surface area contributed by atoms with E-state index in [1.807, 2.05) is 0 Å². The van der Waals surface area contributed by atoms with Gasteiger partial charge in [-0.1, -0.05) is 22.4 Å². The molecule has 1 heterocycles. The Bertz CT molecular complexity index is 170. The first kappa shape index (κ1) is 12.0. The van der Waals surface area contributed by atoms with Gasteiger partial charge in [0.05, 0.1) is 12.5 Å². The molecule has 0 aromatic rings. The highest BCUT2D eigenvalue weighted by Gasteiger charge is 2.22. The van der Waals surface area contributed by atoms with Gasteiger partial charge in [0.15, 0.2) is 0 Å². The Balaban J connectivity index is 1.97. The number of halogens is 1. The Morgan fingerprint density at radius 2 is 2.29 bits per heavy atom. The quantitative estimate of drug-likeness (QED) is 0.586. The zero-order chi connectivity index (χ0) is 10.2. The first-order valence-corrected chi connectivity index (χ1v) is 6.38. The van der Waals surface area contributed by atoms with Gasteiger partial charge in [-0.05, 0) is 19.3 Å². The molecule has 4 heteroatoms. The number of hydrogen-bond donors (Lipinski definition) is 1. The Kier molecular flexibility index (Phi) is 6.19. The van der Waals surface area contributed by atoms with Crippen LogP contribution in [-0.4, -0.2) is 31.0 Å². The molecule has 1 saturated heterocycles. The van der Waals surface area contributed by atoms with E-state index >= 15 is 0 Å². The number of unbranched alkanes of at least 4 members (excludes halogenated alkanes) is 2. The Morgan fingerprint density at radius 1 is 1.43 bits per heavy atom. The smallest absolute Gasteiger partial charge is 0.225 e. The molecule has 1 N–H and O–H groups in total. The van der Waals surface area contributed by atoms with Crippen LogP contribution in [0.2, 0.25) is 0 Å². The molecular formula is C10H18BrNO2. The number of hydrogen-bond acceptors (Lipinski definition) is 2. The van der Waals surface area contributed by atoms with Crippen LogP contribution in [0.4, 0.5) is 0 Å². The van der Waals surface area contributed by atoms with E-state index < -0.39 is 0 Å². The second kappa shape index (κ2) is 7.23. The van der Waals surface area contributed by atoms with E-state index in [1.165, 1.54) is 12.8 Å². The summed E-state index contributed by atoms with van der Waals surface area (Å²) in [4.78, 5) is 11.5. The van der Waals surface area contributed by atoms with Gasteiger partial charge in [0, 0.05) is 18.5 Å². The average Bonchev–Trinajstić information content (AvgIpc) is 2.70. The SMILES string of the molecule is O=C(NCCCCCBr)C1CCOC1. The number of alkyl halides is 1. The van der Waals surface area contributed by atoms with Crippen LogP contribution in [-0.2, 0) is 9.53 Å². The molecule has 0 aromatic carbocycles. The van der Waals surface area contributed by atoms with Crippen LogP contribution in [0.1, 0.15) is 25.7 Å². The van der Waals surface area contributed by atoms with Crippen molar-refractivity contribution >= 4 is 21.8 Å². The van der Waals surface area contributed by atoms with Gasteiger partial charge in [-0.2, -0.15) is 0 Å². The lowest BCUT2D eigenvalue weighted by atomic mass is 10.1. The first-order valence-electron chi connectivity index (χ1n) is 5.26. The lowest BCUT2D eigenvalue weighted by Crippen LogP contribution is -2.31. The topological polar surface area (TPSA) is 38.3 Å².